The van der Waals surface area contributed by atoms with Crippen molar-refractivity contribution in [2.75, 3.05) is 6.54 Å². The maximum absolute atomic E-state index is 6.64. The van der Waals surface area contributed by atoms with Gasteiger partial charge in [0.25, 0.3) is 8.48 Å². The van der Waals surface area contributed by atoms with E-state index in [-0.39, 0.29) is 5.04 Å². The van der Waals surface area contributed by atoms with Crippen LogP contribution in [0.25, 0.3) is 0 Å². The third-order valence-electron chi connectivity index (χ3n) is 4.49. The first kappa shape index (κ1) is 21.3. The maximum Gasteiger partial charge on any atom is 0.280 e. The Morgan fingerprint density at radius 2 is 1.52 bits per heavy atom. The van der Waals surface area contributed by atoms with Crippen molar-refractivity contribution in [3.8, 4) is 0 Å². The summed E-state index contributed by atoms with van der Waals surface area (Å²) >= 11 is 0. The summed E-state index contributed by atoms with van der Waals surface area (Å²) in [5, 5.41) is 0.254. The zero-order valence-corrected chi connectivity index (χ0v) is 19.0. The first-order valence-electron chi connectivity index (χ1n) is 8.31. The van der Waals surface area contributed by atoms with E-state index >= 15 is 0 Å². The number of hydrogen-bond donors (Lipinski definition) is 1. The number of rotatable bonds is 9. The van der Waals surface area contributed by atoms with Crippen molar-refractivity contribution >= 4 is 24.9 Å². The minimum atomic E-state index is -1.98. The van der Waals surface area contributed by atoms with Crippen molar-refractivity contribution in [1.82, 2.24) is 4.98 Å². The van der Waals surface area contributed by atoms with Crippen molar-refractivity contribution in [1.29, 1.82) is 0 Å². The summed E-state index contributed by atoms with van der Waals surface area (Å²) in [5.74, 6) is 0. The molecule has 126 valence electrons. The van der Waals surface area contributed by atoms with Crippen LogP contribution in [0.3, 0.4) is 0 Å². The van der Waals surface area contributed by atoms with E-state index in [0.717, 1.165) is 6.54 Å². The fraction of sp³-hybridized carbons (Fsp3) is 0.875. The van der Waals surface area contributed by atoms with Gasteiger partial charge in [0.2, 0.25) is 0 Å². The predicted molar refractivity (Wildman–Crippen MR) is 105 cm³/mol. The molecule has 0 heterocycles. The van der Waals surface area contributed by atoms with Gasteiger partial charge >= 0.3 is 0 Å². The molecule has 0 saturated carbocycles. The molecule has 0 rings (SSSR count). The van der Waals surface area contributed by atoms with E-state index in [2.05, 4.69) is 77.3 Å². The highest BCUT2D eigenvalue weighted by Crippen LogP contribution is 2.38. The van der Waals surface area contributed by atoms with Crippen LogP contribution in [0.1, 0.15) is 33.6 Å². The molecule has 0 aromatic heterocycles. The summed E-state index contributed by atoms with van der Waals surface area (Å²) in [4.78, 5) is 3.71. The molecule has 1 N–H and O–H groups in total. The Kier molecular flexibility index (Phi) is 7.84. The molecule has 0 aliphatic heterocycles. The highest BCUT2D eigenvalue weighted by molar-refractivity contribution is 6.87. The fourth-order valence-corrected chi connectivity index (χ4v) is 10.2. The summed E-state index contributed by atoms with van der Waals surface area (Å²) in [5.41, 5.74) is 2.06. The van der Waals surface area contributed by atoms with E-state index in [1.165, 1.54) is 18.9 Å². The molecular formula is C16H39NOSi3. The molecule has 1 atom stereocenters. The average Bonchev–Trinajstić information content (AvgIpc) is 2.24. The largest absolute Gasteiger partial charge is 0.441 e. The smallest absolute Gasteiger partial charge is 0.280 e. The van der Waals surface area contributed by atoms with Crippen LogP contribution in [0.4, 0.5) is 0 Å². The van der Waals surface area contributed by atoms with Crippen LogP contribution in [0.2, 0.25) is 50.4 Å². The van der Waals surface area contributed by atoms with Gasteiger partial charge in [-0.15, -0.1) is 6.58 Å². The van der Waals surface area contributed by atoms with Gasteiger partial charge in [-0.25, -0.2) is 0 Å². The van der Waals surface area contributed by atoms with E-state index in [1.54, 1.807) is 0 Å². The Balaban J connectivity index is 4.39. The molecule has 0 spiro atoms. The second kappa shape index (κ2) is 7.73. The van der Waals surface area contributed by atoms with Gasteiger partial charge in [0.1, 0.15) is 0 Å². The van der Waals surface area contributed by atoms with E-state index < -0.39 is 24.9 Å². The monoisotopic (exact) mass is 345 g/mol. The highest BCUT2D eigenvalue weighted by atomic mass is 28.4. The number of nitrogens with one attached hydrogen (secondary N) is 1. The van der Waals surface area contributed by atoms with Crippen molar-refractivity contribution in [2.45, 2.75) is 84.0 Å². The SMILES string of the molecule is C=C[Si](C)(NCCCC[Si](C)(C)C)O[Si](C)(C)C(C)(C)C. The molecule has 0 aromatic carbocycles. The zero-order valence-electron chi connectivity index (χ0n) is 16.0. The second-order valence-corrected chi connectivity index (χ2v) is 23.1. The number of hydrogen-bond acceptors (Lipinski definition) is 2. The topological polar surface area (TPSA) is 21.3 Å². The lowest BCUT2D eigenvalue weighted by Gasteiger charge is -2.42. The van der Waals surface area contributed by atoms with Crippen LogP contribution >= 0.6 is 0 Å². The van der Waals surface area contributed by atoms with Crippen molar-refractivity contribution in [2.24, 2.45) is 0 Å². The lowest BCUT2D eigenvalue weighted by molar-refractivity contribution is 0.474. The third kappa shape index (κ3) is 8.50. The van der Waals surface area contributed by atoms with Crippen LogP contribution in [0.5, 0.6) is 0 Å². The predicted octanol–water partition coefficient (Wildman–Crippen LogP) is 5.51. The van der Waals surface area contributed by atoms with Gasteiger partial charge in [0.15, 0.2) is 8.32 Å². The van der Waals surface area contributed by atoms with Crippen LogP contribution in [-0.2, 0) is 4.12 Å². The third-order valence-corrected chi connectivity index (χ3v) is 15.4. The van der Waals surface area contributed by atoms with E-state index in [9.17, 15) is 0 Å². The minimum Gasteiger partial charge on any atom is -0.441 e. The summed E-state index contributed by atoms with van der Waals surface area (Å²) in [6.45, 7) is 26.2. The second-order valence-electron chi connectivity index (χ2n) is 9.12. The van der Waals surface area contributed by atoms with Gasteiger partial charge in [-0.3, -0.25) is 0 Å². The van der Waals surface area contributed by atoms with E-state index in [0.29, 0.717) is 0 Å². The Morgan fingerprint density at radius 1 is 1.00 bits per heavy atom. The maximum atomic E-state index is 6.64. The molecule has 21 heavy (non-hydrogen) atoms. The number of unbranched alkanes of at least 4 members (excludes halogenated alkanes) is 1. The normalized spacial score (nSPS) is 16.6. The molecule has 0 aliphatic rings. The zero-order chi connectivity index (χ0) is 16.9. The molecule has 0 aromatic rings. The van der Waals surface area contributed by atoms with Gasteiger partial charge in [0, 0.05) is 8.07 Å². The fourth-order valence-electron chi connectivity index (χ4n) is 1.95. The van der Waals surface area contributed by atoms with Crippen LogP contribution in [0, 0.1) is 0 Å². The van der Waals surface area contributed by atoms with Gasteiger partial charge in [-0.2, -0.15) is 0 Å². The van der Waals surface area contributed by atoms with Crippen molar-refractivity contribution in [3.05, 3.63) is 12.3 Å². The molecule has 0 aliphatic carbocycles. The summed E-state index contributed by atoms with van der Waals surface area (Å²) in [7, 11) is -4.59. The first-order chi connectivity index (χ1) is 9.22. The highest BCUT2D eigenvalue weighted by Gasteiger charge is 2.42. The molecule has 2 nitrogen and oxygen atoms in total. The molecule has 0 bridgehead atoms. The molecule has 0 radical (unpaired) electrons. The van der Waals surface area contributed by atoms with Gasteiger partial charge in [0.05, 0.1) is 0 Å². The van der Waals surface area contributed by atoms with Crippen molar-refractivity contribution in [3.63, 3.8) is 0 Å². The Labute approximate surface area is 137 Å². The molecule has 5 heteroatoms. The van der Waals surface area contributed by atoms with Gasteiger partial charge < -0.3 is 9.10 Å². The molecule has 1 unspecified atom stereocenters. The van der Waals surface area contributed by atoms with E-state index in [1.807, 2.05) is 0 Å². The Hall–Kier alpha value is 0.311. The lowest BCUT2D eigenvalue weighted by Crippen LogP contribution is -2.58. The summed E-state index contributed by atoms with van der Waals surface area (Å²) < 4.78 is 6.64. The van der Waals surface area contributed by atoms with Gasteiger partial charge in [-0.1, -0.05) is 58.6 Å². The van der Waals surface area contributed by atoms with Crippen LogP contribution in [0.15, 0.2) is 12.3 Å². The molecule has 0 amide bonds. The van der Waals surface area contributed by atoms with Crippen molar-refractivity contribution < 1.29 is 4.12 Å². The summed E-state index contributed by atoms with van der Waals surface area (Å²) in [6.07, 6.45) is 2.59. The first-order valence-corrected chi connectivity index (χ1v) is 17.4. The van der Waals surface area contributed by atoms with Crippen LogP contribution < -0.4 is 4.98 Å². The Bertz CT molecular complexity index is 331. The lowest BCUT2D eigenvalue weighted by atomic mass is 10.2. The summed E-state index contributed by atoms with van der Waals surface area (Å²) in [6, 6.07) is 1.42. The van der Waals surface area contributed by atoms with Crippen LogP contribution in [-0.4, -0.2) is 31.4 Å². The average molecular weight is 346 g/mol. The van der Waals surface area contributed by atoms with Gasteiger partial charge in [-0.05, 0) is 37.6 Å². The minimum absolute atomic E-state index is 0.254. The standard InChI is InChI=1S/C16H39NOSi3/c1-11-21(10,18-20(8,9)16(2,3)4)17-14-12-13-15-19(5,6)7/h11,17H,1,12-15H2,2-10H3. The molecule has 0 saturated heterocycles. The molecule has 0 fully saturated rings. The molecular weight excluding hydrogens is 306 g/mol. The van der Waals surface area contributed by atoms with E-state index in [4.69, 9.17) is 4.12 Å². The quantitative estimate of drug-likeness (QED) is 0.439. The Morgan fingerprint density at radius 3 is 1.90 bits per heavy atom.